The van der Waals surface area contributed by atoms with Crippen molar-refractivity contribution in [2.24, 2.45) is 0 Å². The van der Waals surface area contributed by atoms with Crippen LogP contribution in [0.3, 0.4) is 0 Å². The van der Waals surface area contributed by atoms with Crippen LogP contribution in [0, 0.1) is 6.92 Å². The Labute approximate surface area is 154 Å². The quantitative estimate of drug-likeness (QED) is 0.870. The first-order valence-electron chi connectivity index (χ1n) is 8.97. The third-order valence-electron chi connectivity index (χ3n) is 4.47. The van der Waals surface area contributed by atoms with E-state index in [9.17, 15) is 9.59 Å². The smallest absolute Gasteiger partial charge is 0.268 e. The number of hydrogen-bond donors (Lipinski definition) is 1. The predicted molar refractivity (Wildman–Crippen MR) is 101 cm³/mol. The molecule has 0 saturated carbocycles. The van der Waals surface area contributed by atoms with Gasteiger partial charge in [-0.25, -0.2) is 0 Å². The molecule has 2 amide bonds. The minimum absolute atomic E-state index is 0.00391. The minimum Gasteiger partial charge on any atom is -0.478 e. The number of carbonyl (C=O) groups is 2. The average molecular weight is 352 g/mol. The summed E-state index contributed by atoms with van der Waals surface area (Å²) in [4.78, 5) is 26.6. The predicted octanol–water partition coefficient (Wildman–Crippen LogP) is 2.86. The number of nitrogens with zero attached hydrogens (tertiary/aromatic N) is 1. The van der Waals surface area contributed by atoms with Crippen molar-refractivity contribution in [3.05, 3.63) is 59.7 Å². The standard InChI is InChI=1S/C21H24N2O3/c1-3-18-21(25)23(17-13-15(2)9-10-19(17)26-18)14-20(24)22-12-11-16-7-5-4-6-8-16/h4-10,13,18H,3,11-12,14H2,1-2H3,(H,22,24). The number of fused-ring (bicyclic) bond motifs is 1. The maximum atomic E-state index is 12.7. The van der Waals surface area contributed by atoms with E-state index in [2.05, 4.69) is 5.32 Å². The summed E-state index contributed by atoms with van der Waals surface area (Å²) in [5.74, 6) is 0.321. The number of rotatable bonds is 6. The molecule has 0 fully saturated rings. The number of amides is 2. The first-order valence-corrected chi connectivity index (χ1v) is 8.97. The molecule has 5 heteroatoms. The van der Waals surface area contributed by atoms with Crippen LogP contribution in [-0.4, -0.2) is 31.0 Å². The highest BCUT2D eigenvalue weighted by molar-refractivity contribution is 6.03. The SMILES string of the molecule is CCC1Oc2ccc(C)cc2N(CC(=O)NCCc2ccccc2)C1=O. The molecule has 0 spiro atoms. The van der Waals surface area contributed by atoms with Crippen molar-refractivity contribution in [1.29, 1.82) is 0 Å². The molecular weight excluding hydrogens is 328 g/mol. The van der Waals surface area contributed by atoms with Crippen molar-refractivity contribution in [3.8, 4) is 5.75 Å². The number of hydrogen-bond acceptors (Lipinski definition) is 3. The molecule has 0 bridgehead atoms. The first-order chi connectivity index (χ1) is 12.6. The number of nitrogens with one attached hydrogen (secondary N) is 1. The maximum Gasteiger partial charge on any atom is 0.268 e. The molecule has 1 N–H and O–H groups in total. The highest BCUT2D eigenvalue weighted by Crippen LogP contribution is 2.35. The lowest BCUT2D eigenvalue weighted by Crippen LogP contribution is -2.49. The summed E-state index contributed by atoms with van der Waals surface area (Å²) in [6, 6.07) is 15.7. The summed E-state index contributed by atoms with van der Waals surface area (Å²) in [6.45, 7) is 4.40. The summed E-state index contributed by atoms with van der Waals surface area (Å²) in [5, 5.41) is 2.90. The molecule has 1 atom stereocenters. The first kappa shape index (κ1) is 18.0. The van der Waals surface area contributed by atoms with Gasteiger partial charge in [-0.05, 0) is 43.0 Å². The second kappa shape index (κ2) is 8.04. The van der Waals surface area contributed by atoms with E-state index in [1.807, 2.05) is 62.4 Å². The van der Waals surface area contributed by atoms with Crippen LogP contribution in [0.1, 0.15) is 24.5 Å². The number of anilines is 1. The van der Waals surface area contributed by atoms with Crippen LogP contribution in [0.4, 0.5) is 5.69 Å². The van der Waals surface area contributed by atoms with Gasteiger partial charge >= 0.3 is 0 Å². The van der Waals surface area contributed by atoms with Gasteiger partial charge in [0.1, 0.15) is 12.3 Å². The van der Waals surface area contributed by atoms with Gasteiger partial charge < -0.3 is 10.1 Å². The lowest BCUT2D eigenvalue weighted by atomic mass is 10.1. The molecule has 26 heavy (non-hydrogen) atoms. The highest BCUT2D eigenvalue weighted by atomic mass is 16.5. The molecule has 0 radical (unpaired) electrons. The van der Waals surface area contributed by atoms with E-state index in [0.29, 0.717) is 24.4 Å². The molecule has 5 nitrogen and oxygen atoms in total. The van der Waals surface area contributed by atoms with Gasteiger partial charge in [-0.2, -0.15) is 0 Å². The van der Waals surface area contributed by atoms with Gasteiger partial charge in [-0.1, -0.05) is 43.3 Å². The van der Waals surface area contributed by atoms with Crippen LogP contribution in [0.5, 0.6) is 5.75 Å². The highest BCUT2D eigenvalue weighted by Gasteiger charge is 2.34. The molecule has 1 aliphatic rings. The van der Waals surface area contributed by atoms with Crippen molar-refractivity contribution in [3.63, 3.8) is 0 Å². The van der Waals surface area contributed by atoms with E-state index in [1.165, 1.54) is 10.5 Å². The molecular formula is C21H24N2O3. The van der Waals surface area contributed by atoms with E-state index in [4.69, 9.17) is 4.74 Å². The number of ether oxygens (including phenoxy) is 1. The molecule has 2 aromatic rings. The van der Waals surface area contributed by atoms with Crippen molar-refractivity contribution >= 4 is 17.5 Å². The number of carbonyl (C=O) groups excluding carboxylic acids is 2. The molecule has 1 heterocycles. The molecule has 1 unspecified atom stereocenters. The van der Waals surface area contributed by atoms with Gasteiger partial charge in [0, 0.05) is 6.54 Å². The Balaban J connectivity index is 1.66. The van der Waals surface area contributed by atoms with E-state index < -0.39 is 6.10 Å². The van der Waals surface area contributed by atoms with Crippen molar-refractivity contribution < 1.29 is 14.3 Å². The number of benzene rings is 2. The molecule has 2 aromatic carbocycles. The van der Waals surface area contributed by atoms with E-state index in [0.717, 1.165) is 12.0 Å². The van der Waals surface area contributed by atoms with E-state index in [-0.39, 0.29) is 18.4 Å². The van der Waals surface area contributed by atoms with Crippen LogP contribution in [0.2, 0.25) is 0 Å². The van der Waals surface area contributed by atoms with Gasteiger partial charge in [0.05, 0.1) is 5.69 Å². The third kappa shape index (κ3) is 4.04. The fourth-order valence-electron chi connectivity index (χ4n) is 3.05. The van der Waals surface area contributed by atoms with Crippen molar-refractivity contribution in [2.45, 2.75) is 32.8 Å². The molecule has 0 aliphatic carbocycles. The average Bonchev–Trinajstić information content (AvgIpc) is 2.65. The largest absolute Gasteiger partial charge is 0.478 e. The van der Waals surface area contributed by atoms with Crippen LogP contribution in [0.25, 0.3) is 0 Å². The Morgan fingerprint density at radius 2 is 1.96 bits per heavy atom. The lowest BCUT2D eigenvalue weighted by molar-refractivity contribution is -0.129. The zero-order valence-electron chi connectivity index (χ0n) is 15.2. The second-order valence-electron chi connectivity index (χ2n) is 6.50. The fourth-order valence-corrected chi connectivity index (χ4v) is 3.05. The Morgan fingerprint density at radius 3 is 2.69 bits per heavy atom. The van der Waals surface area contributed by atoms with Gasteiger partial charge in [0.15, 0.2) is 6.10 Å². The minimum atomic E-state index is -0.540. The van der Waals surface area contributed by atoms with E-state index in [1.54, 1.807) is 0 Å². The summed E-state index contributed by atoms with van der Waals surface area (Å²) in [5.41, 5.74) is 2.85. The lowest BCUT2D eigenvalue weighted by Gasteiger charge is -2.33. The summed E-state index contributed by atoms with van der Waals surface area (Å²) < 4.78 is 5.78. The molecule has 136 valence electrons. The molecule has 0 saturated heterocycles. The third-order valence-corrected chi connectivity index (χ3v) is 4.47. The van der Waals surface area contributed by atoms with Crippen LogP contribution in [-0.2, 0) is 16.0 Å². The molecule has 3 rings (SSSR count). The van der Waals surface area contributed by atoms with Gasteiger partial charge in [0.25, 0.3) is 5.91 Å². The second-order valence-corrected chi connectivity index (χ2v) is 6.50. The Bertz CT molecular complexity index is 789. The van der Waals surface area contributed by atoms with Crippen molar-refractivity contribution in [2.75, 3.05) is 18.0 Å². The van der Waals surface area contributed by atoms with Crippen LogP contribution < -0.4 is 15.0 Å². The number of aryl methyl sites for hydroxylation is 1. The molecule has 0 aromatic heterocycles. The normalized spacial score (nSPS) is 16.0. The summed E-state index contributed by atoms with van der Waals surface area (Å²) >= 11 is 0. The summed E-state index contributed by atoms with van der Waals surface area (Å²) in [7, 11) is 0. The molecule has 1 aliphatic heterocycles. The maximum absolute atomic E-state index is 12.7. The van der Waals surface area contributed by atoms with Gasteiger partial charge in [0.2, 0.25) is 5.91 Å². The van der Waals surface area contributed by atoms with Gasteiger partial charge in [-0.15, -0.1) is 0 Å². The van der Waals surface area contributed by atoms with Crippen LogP contribution >= 0.6 is 0 Å². The Morgan fingerprint density at radius 1 is 1.19 bits per heavy atom. The zero-order chi connectivity index (χ0) is 18.5. The zero-order valence-corrected chi connectivity index (χ0v) is 15.2. The van der Waals surface area contributed by atoms with E-state index >= 15 is 0 Å². The van der Waals surface area contributed by atoms with Gasteiger partial charge in [-0.3, -0.25) is 14.5 Å². The Hall–Kier alpha value is -2.82. The fraction of sp³-hybridized carbons (Fsp3) is 0.333. The monoisotopic (exact) mass is 352 g/mol. The topological polar surface area (TPSA) is 58.6 Å². The summed E-state index contributed by atoms with van der Waals surface area (Å²) in [6.07, 6.45) is 0.789. The van der Waals surface area contributed by atoms with Crippen LogP contribution in [0.15, 0.2) is 48.5 Å². The Kier molecular flexibility index (Phi) is 5.56. The van der Waals surface area contributed by atoms with Crippen molar-refractivity contribution in [1.82, 2.24) is 5.32 Å².